The molecule has 104 valence electrons. The molecule has 0 aromatic carbocycles. The molecule has 0 saturated carbocycles. The molecule has 2 heterocycles. The lowest BCUT2D eigenvalue weighted by Crippen LogP contribution is -2.35. The zero-order chi connectivity index (χ0) is 13.9. The third kappa shape index (κ3) is 4.60. The fourth-order valence-electron chi connectivity index (χ4n) is 1.61. The Morgan fingerprint density at radius 1 is 1.32 bits per heavy atom. The Kier molecular flexibility index (Phi) is 4.60. The highest BCUT2D eigenvalue weighted by atomic mass is 32.1. The maximum Gasteiger partial charge on any atom is 0.185 e. The number of hydrogen-bond donors (Lipinski definition) is 1. The van der Waals surface area contributed by atoms with E-state index in [1.165, 1.54) is 4.88 Å². The van der Waals surface area contributed by atoms with Crippen molar-refractivity contribution in [3.05, 3.63) is 33.5 Å². The van der Waals surface area contributed by atoms with Gasteiger partial charge in [0.1, 0.15) is 0 Å². The number of nitrogens with zero attached hydrogens (tertiary/aromatic N) is 2. The summed E-state index contributed by atoms with van der Waals surface area (Å²) in [6.45, 7) is 8.26. The van der Waals surface area contributed by atoms with Gasteiger partial charge in [0.25, 0.3) is 0 Å². The Bertz CT molecular complexity index is 497. The molecule has 5 heteroatoms. The molecule has 0 unspecified atom stereocenters. The molecule has 0 bridgehead atoms. The summed E-state index contributed by atoms with van der Waals surface area (Å²) in [5.74, 6) is 0. The standard InChI is InChI=1S/C14H21N3S2/c1-14(2,3)15-8-11-10-19-13(16-11)17(4)9-12-6-5-7-18-12/h5-7,10,15H,8-9H2,1-4H3. The fourth-order valence-corrected chi connectivity index (χ4v) is 3.16. The largest absolute Gasteiger partial charge is 0.346 e. The van der Waals surface area contributed by atoms with Crippen LogP contribution in [0.25, 0.3) is 0 Å². The number of hydrogen-bond acceptors (Lipinski definition) is 5. The molecule has 0 amide bonds. The van der Waals surface area contributed by atoms with Crippen molar-refractivity contribution in [1.29, 1.82) is 0 Å². The highest BCUT2D eigenvalue weighted by Gasteiger charge is 2.12. The maximum atomic E-state index is 4.68. The molecular weight excluding hydrogens is 274 g/mol. The summed E-state index contributed by atoms with van der Waals surface area (Å²) in [4.78, 5) is 8.25. The molecule has 0 spiro atoms. The van der Waals surface area contributed by atoms with Crippen molar-refractivity contribution in [3.63, 3.8) is 0 Å². The van der Waals surface area contributed by atoms with Crippen LogP contribution in [0.15, 0.2) is 22.9 Å². The number of thiophene rings is 1. The molecule has 2 rings (SSSR count). The Morgan fingerprint density at radius 3 is 2.74 bits per heavy atom. The van der Waals surface area contributed by atoms with Crippen LogP contribution in [0.2, 0.25) is 0 Å². The molecule has 3 nitrogen and oxygen atoms in total. The highest BCUT2D eigenvalue weighted by molar-refractivity contribution is 7.13. The molecule has 0 fully saturated rings. The van der Waals surface area contributed by atoms with E-state index in [1.807, 2.05) is 0 Å². The average molecular weight is 295 g/mol. The molecule has 2 aromatic heterocycles. The predicted octanol–water partition coefficient (Wildman–Crippen LogP) is 3.73. The highest BCUT2D eigenvalue weighted by Crippen LogP contribution is 2.22. The minimum Gasteiger partial charge on any atom is -0.346 e. The third-order valence-corrected chi connectivity index (χ3v) is 4.50. The van der Waals surface area contributed by atoms with Crippen molar-refractivity contribution in [2.45, 2.75) is 39.4 Å². The summed E-state index contributed by atoms with van der Waals surface area (Å²) in [6, 6.07) is 4.26. The van der Waals surface area contributed by atoms with Gasteiger partial charge in [-0.25, -0.2) is 4.98 Å². The monoisotopic (exact) mass is 295 g/mol. The molecule has 2 aromatic rings. The van der Waals surface area contributed by atoms with Crippen LogP contribution in [0.5, 0.6) is 0 Å². The van der Waals surface area contributed by atoms with Gasteiger partial charge in [-0.2, -0.15) is 0 Å². The van der Waals surface area contributed by atoms with Crippen molar-refractivity contribution in [3.8, 4) is 0 Å². The predicted molar refractivity (Wildman–Crippen MR) is 85.1 cm³/mol. The number of aromatic nitrogens is 1. The molecule has 0 aliphatic heterocycles. The topological polar surface area (TPSA) is 28.2 Å². The average Bonchev–Trinajstić information content (AvgIpc) is 2.95. The van der Waals surface area contributed by atoms with Gasteiger partial charge in [-0.15, -0.1) is 22.7 Å². The second-order valence-electron chi connectivity index (χ2n) is 5.66. The summed E-state index contributed by atoms with van der Waals surface area (Å²) in [6.07, 6.45) is 0. The first kappa shape index (κ1) is 14.5. The second-order valence-corrected chi connectivity index (χ2v) is 7.53. The van der Waals surface area contributed by atoms with Gasteiger partial charge < -0.3 is 10.2 Å². The van der Waals surface area contributed by atoms with Gasteiger partial charge in [0.15, 0.2) is 5.13 Å². The van der Waals surface area contributed by atoms with Crippen molar-refractivity contribution >= 4 is 27.8 Å². The van der Waals surface area contributed by atoms with Crippen molar-refractivity contribution in [1.82, 2.24) is 10.3 Å². The van der Waals surface area contributed by atoms with Crippen LogP contribution in [0.3, 0.4) is 0 Å². The third-order valence-electron chi connectivity index (χ3n) is 2.64. The quantitative estimate of drug-likeness (QED) is 0.911. The lowest BCUT2D eigenvalue weighted by Gasteiger charge is -2.19. The first-order valence-corrected chi connectivity index (χ1v) is 8.13. The van der Waals surface area contributed by atoms with Gasteiger partial charge in [0.05, 0.1) is 12.2 Å². The lowest BCUT2D eigenvalue weighted by molar-refractivity contribution is 0.422. The minimum absolute atomic E-state index is 0.132. The molecular formula is C14H21N3S2. The van der Waals surface area contributed by atoms with Crippen molar-refractivity contribution in [2.24, 2.45) is 0 Å². The Balaban J connectivity index is 1.92. The first-order valence-electron chi connectivity index (χ1n) is 6.37. The molecule has 0 radical (unpaired) electrons. The summed E-state index contributed by atoms with van der Waals surface area (Å²) in [7, 11) is 2.10. The van der Waals surface area contributed by atoms with E-state index in [0.717, 1.165) is 23.9 Å². The molecule has 1 N–H and O–H groups in total. The molecule has 0 atom stereocenters. The first-order chi connectivity index (χ1) is 8.94. The normalized spacial score (nSPS) is 11.8. The zero-order valence-electron chi connectivity index (χ0n) is 11.9. The Hall–Kier alpha value is -0.910. The Morgan fingerprint density at radius 2 is 2.11 bits per heavy atom. The van der Waals surface area contributed by atoms with E-state index < -0.39 is 0 Å². The summed E-state index contributed by atoms with van der Waals surface area (Å²) >= 11 is 3.50. The zero-order valence-corrected chi connectivity index (χ0v) is 13.6. The number of anilines is 1. The van der Waals surface area contributed by atoms with Gasteiger partial charge >= 0.3 is 0 Å². The van der Waals surface area contributed by atoms with E-state index in [0.29, 0.717) is 0 Å². The van der Waals surface area contributed by atoms with Crippen LogP contribution in [-0.2, 0) is 13.1 Å². The van der Waals surface area contributed by atoms with Crippen LogP contribution in [-0.4, -0.2) is 17.6 Å². The smallest absolute Gasteiger partial charge is 0.185 e. The summed E-state index contributed by atoms with van der Waals surface area (Å²) < 4.78 is 0. The molecule has 19 heavy (non-hydrogen) atoms. The maximum absolute atomic E-state index is 4.68. The number of rotatable bonds is 5. The van der Waals surface area contributed by atoms with Gasteiger partial charge in [-0.05, 0) is 32.2 Å². The Labute approximate surface area is 123 Å². The van der Waals surface area contributed by atoms with E-state index in [4.69, 9.17) is 0 Å². The second kappa shape index (κ2) is 6.03. The van der Waals surface area contributed by atoms with Crippen molar-refractivity contribution < 1.29 is 0 Å². The van der Waals surface area contributed by atoms with E-state index in [9.17, 15) is 0 Å². The van der Waals surface area contributed by atoms with E-state index in [-0.39, 0.29) is 5.54 Å². The van der Waals surface area contributed by atoms with E-state index >= 15 is 0 Å². The number of nitrogens with one attached hydrogen (secondary N) is 1. The molecule has 0 aliphatic rings. The molecule has 0 saturated heterocycles. The molecule has 0 aliphatic carbocycles. The minimum atomic E-state index is 0.132. The van der Waals surface area contributed by atoms with Crippen LogP contribution in [0.1, 0.15) is 31.3 Å². The van der Waals surface area contributed by atoms with Crippen LogP contribution >= 0.6 is 22.7 Å². The van der Waals surface area contributed by atoms with Gasteiger partial charge in [0.2, 0.25) is 0 Å². The number of thiazole rings is 1. The van der Waals surface area contributed by atoms with Crippen LogP contribution in [0.4, 0.5) is 5.13 Å². The van der Waals surface area contributed by atoms with E-state index in [2.05, 4.69) is 65.9 Å². The van der Waals surface area contributed by atoms with Crippen LogP contribution < -0.4 is 10.2 Å². The van der Waals surface area contributed by atoms with Gasteiger partial charge in [-0.1, -0.05) is 6.07 Å². The van der Waals surface area contributed by atoms with Crippen LogP contribution in [0, 0.1) is 0 Å². The van der Waals surface area contributed by atoms with Gasteiger partial charge in [0, 0.05) is 29.4 Å². The lowest BCUT2D eigenvalue weighted by atomic mass is 10.1. The summed E-state index contributed by atoms with van der Waals surface area (Å²) in [5, 5.41) is 8.80. The summed E-state index contributed by atoms with van der Waals surface area (Å²) in [5.41, 5.74) is 1.25. The van der Waals surface area contributed by atoms with E-state index in [1.54, 1.807) is 22.7 Å². The van der Waals surface area contributed by atoms with Crippen molar-refractivity contribution in [2.75, 3.05) is 11.9 Å². The SMILES string of the molecule is CN(Cc1cccs1)c1nc(CNC(C)(C)C)cs1. The van der Waals surface area contributed by atoms with Gasteiger partial charge in [-0.3, -0.25) is 0 Å². The fraction of sp³-hybridized carbons (Fsp3) is 0.500.